The average Bonchev–Trinajstić information content (AvgIpc) is 2.87. The number of nitrogens with two attached hydrogens (primary N) is 1. The Morgan fingerprint density at radius 1 is 1.12 bits per heavy atom. The highest BCUT2D eigenvalue weighted by Gasteiger charge is 2.19. The molecule has 0 aliphatic rings. The van der Waals surface area contributed by atoms with Crippen LogP contribution >= 0.6 is 0 Å². The molecule has 3 aromatic carbocycles. The summed E-state index contributed by atoms with van der Waals surface area (Å²) in [4.78, 5) is 27.9. The Morgan fingerprint density at radius 3 is 2.56 bits per heavy atom. The van der Waals surface area contributed by atoms with E-state index in [0.717, 1.165) is 5.56 Å². The van der Waals surface area contributed by atoms with Crippen molar-refractivity contribution in [1.82, 2.24) is 5.32 Å². The summed E-state index contributed by atoms with van der Waals surface area (Å²) in [5.41, 5.74) is 9.24. The van der Waals surface area contributed by atoms with Crippen molar-refractivity contribution in [3.05, 3.63) is 113 Å². The maximum absolute atomic E-state index is 11.9. The molecule has 0 aliphatic carbocycles. The molecule has 172 valence electrons. The lowest BCUT2D eigenvalue weighted by Crippen LogP contribution is -2.23. The van der Waals surface area contributed by atoms with Crippen LogP contribution in [0.5, 0.6) is 5.75 Å². The van der Waals surface area contributed by atoms with Crippen LogP contribution in [0.25, 0.3) is 11.8 Å². The molecule has 8 heteroatoms. The summed E-state index contributed by atoms with van der Waals surface area (Å²) in [7, 11) is 1.29. The molecule has 1 unspecified atom stereocenters. The van der Waals surface area contributed by atoms with Gasteiger partial charge in [0, 0.05) is 22.4 Å². The van der Waals surface area contributed by atoms with E-state index < -0.39 is 12.1 Å². The topological polar surface area (TPSA) is 126 Å². The molecule has 0 aliphatic heterocycles. The van der Waals surface area contributed by atoms with Crippen molar-refractivity contribution < 1.29 is 14.6 Å². The summed E-state index contributed by atoms with van der Waals surface area (Å²) in [6.45, 7) is 7.77. The fourth-order valence-electron chi connectivity index (χ4n) is 3.28. The molecule has 3 rings (SSSR count). The summed E-state index contributed by atoms with van der Waals surface area (Å²) >= 11 is 0. The fraction of sp³-hybridized carbons (Fsp3) is 0.0769. The van der Waals surface area contributed by atoms with Gasteiger partial charge in [0.25, 0.3) is 0 Å². The molecular formula is C26H24N4O4. The van der Waals surface area contributed by atoms with Gasteiger partial charge in [0.05, 0.1) is 12.7 Å². The third-order valence-corrected chi connectivity index (χ3v) is 5.07. The third-order valence-electron chi connectivity index (χ3n) is 5.07. The van der Waals surface area contributed by atoms with Gasteiger partial charge in [0.2, 0.25) is 0 Å². The van der Waals surface area contributed by atoms with E-state index in [4.69, 9.17) is 10.5 Å². The number of carbonyl (C=O) groups excluding carboxylic acids is 1. The van der Waals surface area contributed by atoms with E-state index in [-0.39, 0.29) is 17.3 Å². The Balaban J connectivity index is 2.05. The van der Waals surface area contributed by atoms with Crippen molar-refractivity contribution in [2.45, 2.75) is 6.17 Å². The van der Waals surface area contributed by atoms with Crippen molar-refractivity contribution in [1.29, 1.82) is 0 Å². The number of carbonyl (C=O) groups is 1. The van der Waals surface area contributed by atoms with E-state index in [0.29, 0.717) is 28.0 Å². The molecular weight excluding hydrogens is 432 g/mol. The summed E-state index contributed by atoms with van der Waals surface area (Å²) in [5, 5.41) is 16.6. The number of nitrogens with zero attached hydrogens (tertiary/aromatic N) is 2. The van der Waals surface area contributed by atoms with E-state index in [1.54, 1.807) is 66.7 Å². The molecule has 1 atom stereocenters. The maximum atomic E-state index is 11.9. The molecule has 0 heterocycles. The van der Waals surface area contributed by atoms with Crippen LogP contribution in [0.3, 0.4) is 0 Å². The van der Waals surface area contributed by atoms with Crippen molar-refractivity contribution in [2.75, 3.05) is 7.11 Å². The summed E-state index contributed by atoms with van der Waals surface area (Å²) in [5.74, 6) is -0.405. The van der Waals surface area contributed by atoms with Crippen LogP contribution < -0.4 is 11.1 Å². The van der Waals surface area contributed by atoms with E-state index in [2.05, 4.69) is 28.6 Å². The SMILES string of the molecule is C=Cc1ccc(O)c(C(=C)NC(/N=C(\N)c2cccc(C(=O)OC)c2)c2ccccc2N=O)c1. The Bertz CT molecular complexity index is 1280. The van der Waals surface area contributed by atoms with Gasteiger partial charge in [-0.1, -0.05) is 55.6 Å². The lowest BCUT2D eigenvalue weighted by molar-refractivity contribution is 0.0600. The number of hydrogen-bond donors (Lipinski definition) is 3. The normalized spacial score (nSPS) is 11.9. The number of phenolic OH excluding ortho intramolecular Hbond substituents is 1. The van der Waals surface area contributed by atoms with Crippen molar-refractivity contribution >= 4 is 29.3 Å². The zero-order valence-corrected chi connectivity index (χ0v) is 18.6. The van der Waals surface area contributed by atoms with Crippen LogP contribution in [0.1, 0.15) is 38.8 Å². The Hall–Kier alpha value is -4.72. The number of hydrogen-bond acceptors (Lipinski definition) is 7. The van der Waals surface area contributed by atoms with Crippen LogP contribution in [0.4, 0.5) is 5.69 Å². The van der Waals surface area contributed by atoms with Crippen LogP contribution in [0, 0.1) is 4.91 Å². The zero-order valence-electron chi connectivity index (χ0n) is 18.6. The number of aromatic hydroxyl groups is 1. The number of nitroso groups, excluding NO2 is 1. The van der Waals surface area contributed by atoms with Crippen LogP contribution in [-0.4, -0.2) is 24.0 Å². The van der Waals surface area contributed by atoms with Gasteiger partial charge in [0.1, 0.15) is 23.4 Å². The van der Waals surface area contributed by atoms with Gasteiger partial charge in [-0.15, -0.1) is 4.91 Å². The highest BCUT2D eigenvalue weighted by atomic mass is 16.5. The molecule has 0 radical (unpaired) electrons. The number of methoxy groups -OCH3 is 1. The van der Waals surface area contributed by atoms with Gasteiger partial charge in [-0.2, -0.15) is 0 Å². The first-order valence-electron chi connectivity index (χ1n) is 10.2. The quantitative estimate of drug-likeness (QED) is 0.182. The minimum atomic E-state index is -0.880. The molecule has 0 amide bonds. The summed E-state index contributed by atoms with van der Waals surface area (Å²) < 4.78 is 4.76. The first-order valence-corrected chi connectivity index (χ1v) is 10.2. The Labute approximate surface area is 197 Å². The molecule has 4 N–H and O–H groups in total. The van der Waals surface area contributed by atoms with E-state index >= 15 is 0 Å². The van der Waals surface area contributed by atoms with Crippen LogP contribution in [0.15, 0.2) is 90.1 Å². The molecule has 3 aromatic rings. The van der Waals surface area contributed by atoms with Crippen molar-refractivity contribution in [2.24, 2.45) is 15.9 Å². The second-order valence-corrected chi connectivity index (χ2v) is 7.24. The number of ether oxygens (including phenoxy) is 1. The zero-order chi connectivity index (χ0) is 24.7. The predicted molar refractivity (Wildman–Crippen MR) is 134 cm³/mol. The van der Waals surface area contributed by atoms with Gasteiger partial charge in [-0.05, 0) is 41.1 Å². The molecule has 0 aromatic heterocycles. The standard InChI is InChI=1S/C26H24N4O4/c1-4-17-12-13-23(31)21(14-17)16(2)28-25(20-10-5-6-11-22(20)30-33)29-24(27)18-8-7-9-19(15-18)26(32)34-3/h4-15,25,28,31H,1-2H2,3H3,(H2,27,29). The molecule has 34 heavy (non-hydrogen) atoms. The highest BCUT2D eigenvalue weighted by Crippen LogP contribution is 2.31. The lowest BCUT2D eigenvalue weighted by Gasteiger charge is -2.21. The molecule has 0 bridgehead atoms. The third kappa shape index (κ3) is 5.36. The minimum Gasteiger partial charge on any atom is -0.507 e. The number of aliphatic imine (C=N–C) groups is 1. The molecule has 0 fully saturated rings. The molecule has 0 saturated heterocycles. The minimum absolute atomic E-state index is 0.00591. The Kier molecular flexibility index (Phi) is 7.56. The van der Waals surface area contributed by atoms with Crippen LogP contribution in [-0.2, 0) is 4.74 Å². The van der Waals surface area contributed by atoms with Gasteiger partial charge in [0.15, 0.2) is 0 Å². The van der Waals surface area contributed by atoms with Gasteiger partial charge >= 0.3 is 5.97 Å². The largest absolute Gasteiger partial charge is 0.507 e. The van der Waals surface area contributed by atoms with Crippen LogP contribution in [0.2, 0.25) is 0 Å². The first kappa shape index (κ1) is 23.9. The lowest BCUT2D eigenvalue weighted by atomic mass is 10.1. The molecule has 0 spiro atoms. The number of phenols is 1. The summed E-state index contributed by atoms with van der Waals surface area (Å²) in [6, 6.07) is 18.1. The number of rotatable bonds is 9. The number of esters is 1. The number of amidine groups is 1. The second kappa shape index (κ2) is 10.7. The van der Waals surface area contributed by atoms with E-state index in [9.17, 15) is 14.8 Å². The Morgan fingerprint density at radius 2 is 1.85 bits per heavy atom. The number of benzene rings is 3. The monoisotopic (exact) mass is 456 g/mol. The highest BCUT2D eigenvalue weighted by molar-refractivity contribution is 6.00. The smallest absolute Gasteiger partial charge is 0.337 e. The second-order valence-electron chi connectivity index (χ2n) is 7.24. The van der Waals surface area contributed by atoms with E-state index in [1.165, 1.54) is 13.2 Å². The van der Waals surface area contributed by atoms with Gasteiger partial charge < -0.3 is 20.9 Å². The predicted octanol–water partition coefficient (Wildman–Crippen LogP) is 4.88. The molecule has 0 saturated carbocycles. The first-order chi connectivity index (χ1) is 16.4. The average molecular weight is 457 g/mol. The maximum Gasteiger partial charge on any atom is 0.337 e. The van der Waals surface area contributed by atoms with Gasteiger partial charge in [-0.3, -0.25) is 0 Å². The van der Waals surface area contributed by atoms with Crippen molar-refractivity contribution in [3.63, 3.8) is 0 Å². The fourth-order valence-corrected chi connectivity index (χ4v) is 3.28. The van der Waals surface area contributed by atoms with Crippen molar-refractivity contribution in [3.8, 4) is 5.75 Å². The number of nitrogens with one attached hydrogen (secondary N) is 1. The molecule has 8 nitrogen and oxygen atoms in total. The van der Waals surface area contributed by atoms with Gasteiger partial charge in [-0.25, -0.2) is 9.79 Å². The van der Waals surface area contributed by atoms with E-state index in [1.807, 2.05) is 0 Å². The summed E-state index contributed by atoms with van der Waals surface area (Å²) in [6.07, 6.45) is 0.763.